The minimum Gasteiger partial charge on any atom is -0.456 e. The molecule has 0 saturated carbocycles. The lowest BCUT2D eigenvalue weighted by Crippen LogP contribution is -2.00. The van der Waals surface area contributed by atoms with Crippen molar-refractivity contribution in [3.63, 3.8) is 0 Å². The van der Waals surface area contributed by atoms with Gasteiger partial charge in [-0.05, 0) is 65.7 Å². The number of hydrogen-bond acceptors (Lipinski definition) is 5. The molecule has 0 aliphatic carbocycles. The van der Waals surface area contributed by atoms with Gasteiger partial charge in [0.15, 0.2) is 17.5 Å². The van der Waals surface area contributed by atoms with Crippen LogP contribution in [0.5, 0.6) is 0 Å². The van der Waals surface area contributed by atoms with Gasteiger partial charge in [0, 0.05) is 60.1 Å². The lowest BCUT2D eigenvalue weighted by molar-refractivity contribution is 0.669. The quantitative estimate of drug-likeness (QED) is 0.167. The first-order valence-corrected chi connectivity index (χ1v) is 20.6. The van der Waals surface area contributed by atoms with E-state index in [1.54, 1.807) is 4.57 Å². The zero-order chi connectivity index (χ0) is 46.7. The van der Waals surface area contributed by atoms with Crippen LogP contribution in [0.3, 0.4) is 0 Å². The summed E-state index contributed by atoms with van der Waals surface area (Å²) in [5.74, 6) is 1.66. The van der Waals surface area contributed by atoms with Crippen molar-refractivity contribution in [1.29, 1.82) is 0 Å². The zero-order valence-electron chi connectivity index (χ0n) is 39.3. The van der Waals surface area contributed by atoms with E-state index in [-0.39, 0.29) is 58.1 Å². The third-order valence-electron chi connectivity index (χ3n) is 11.8. The highest BCUT2D eigenvalue weighted by molar-refractivity contribution is 6.13. The molecule has 0 aliphatic heterocycles. The van der Waals surface area contributed by atoms with E-state index < -0.39 is 0 Å². The standard InChI is InChI=1S/C57H34N4O2/c1-3-14-35(15-4-1)55-58-56(36-16-5-2-6-17-36)60-57(59-55)39-27-30-44-43-29-26-38(33-52(43)62-53(44)34-39)37-28-31-50(61-48-23-10-7-18-40(48)41-19-8-11-24-49(41)61)47(32-37)46-22-13-21-45-42-20-9-12-25-51(42)63-54(45)46/h1-34H/i7D,8D,18D,19D,23D,24D. The SMILES string of the molecule is [2H]c1cc([2H])c2c(c1[2H])c1c([2H])c([2H])cc([2H])c1n2-c1ccc(-c2ccc3c(c2)oc2cc(-c4nc(-c5ccccc5)nc(-c5ccccc5)n4)ccc23)cc1-c1cccc2c1oc1ccccc12. The Bertz CT molecular complexity index is 4150. The van der Waals surface area contributed by atoms with Crippen molar-refractivity contribution >= 4 is 65.7 Å². The van der Waals surface area contributed by atoms with Crippen LogP contribution in [0.4, 0.5) is 0 Å². The van der Waals surface area contributed by atoms with Gasteiger partial charge in [-0.1, -0.05) is 152 Å². The minimum atomic E-state index is -0.173. The fraction of sp³-hybridized carbons (Fsp3) is 0. The maximum absolute atomic E-state index is 9.22. The average molecular weight is 813 g/mol. The molecule has 0 bridgehead atoms. The topological polar surface area (TPSA) is 69.9 Å². The maximum atomic E-state index is 9.22. The Balaban J connectivity index is 1.00. The predicted molar refractivity (Wildman–Crippen MR) is 256 cm³/mol. The summed E-state index contributed by atoms with van der Waals surface area (Å²) in [7, 11) is 0. The van der Waals surface area contributed by atoms with Crippen LogP contribution in [0.2, 0.25) is 0 Å². The van der Waals surface area contributed by atoms with Gasteiger partial charge >= 0.3 is 0 Å². The smallest absolute Gasteiger partial charge is 0.164 e. The van der Waals surface area contributed by atoms with Crippen LogP contribution in [-0.2, 0) is 0 Å². The maximum Gasteiger partial charge on any atom is 0.164 e. The molecule has 9 aromatic carbocycles. The molecule has 0 spiro atoms. The number of nitrogens with zero attached hydrogens (tertiary/aromatic N) is 4. The van der Waals surface area contributed by atoms with Crippen LogP contribution < -0.4 is 0 Å². The molecule has 0 radical (unpaired) electrons. The second-order valence-corrected chi connectivity index (χ2v) is 15.5. The molecule has 63 heavy (non-hydrogen) atoms. The van der Waals surface area contributed by atoms with Gasteiger partial charge in [-0.15, -0.1) is 0 Å². The molecule has 13 aromatic rings. The van der Waals surface area contributed by atoms with Gasteiger partial charge in [0.25, 0.3) is 0 Å². The molecular weight excluding hydrogens is 773 g/mol. The Morgan fingerprint density at radius 2 is 0.905 bits per heavy atom. The second kappa shape index (κ2) is 14.0. The lowest BCUT2D eigenvalue weighted by atomic mass is 9.95. The van der Waals surface area contributed by atoms with E-state index in [0.29, 0.717) is 45.5 Å². The molecule has 0 N–H and O–H groups in total. The van der Waals surface area contributed by atoms with E-state index in [2.05, 4.69) is 18.2 Å². The summed E-state index contributed by atoms with van der Waals surface area (Å²) >= 11 is 0. The molecule has 13 rings (SSSR count). The molecule has 6 nitrogen and oxygen atoms in total. The molecule has 0 amide bonds. The van der Waals surface area contributed by atoms with Crippen molar-refractivity contribution in [2.45, 2.75) is 0 Å². The number of para-hydroxylation sites is 4. The van der Waals surface area contributed by atoms with Gasteiger partial charge in [0.05, 0.1) is 24.9 Å². The molecule has 0 aliphatic rings. The summed E-state index contributed by atoms with van der Waals surface area (Å²) in [5.41, 5.74) is 9.56. The highest BCUT2D eigenvalue weighted by Gasteiger charge is 2.21. The van der Waals surface area contributed by atoms with Gasteiger partial charge in [0.2, 0.25) is 0 Å². The summed E-state index contributed by atoms with van der Waals surface area (Å²) in [5, 5.41) is 4.12. The van der Waals surface area contributed by atoms with Gasteiger partial charge in [-0.2, -0.15) is 0 Å². The number of fused-ring (bicyclic) bond motifs is 9. The van der Waals surface area contributed by atoms with Crippen molar-refractivity contribution in [3.8, 4) is 62.1 Å². The molecule has 4 aromatic heterocycles. The van der Waals surface area contributed by atoms with Crippen LogP contribution in [-0.4, -0.2) is 19.5 Å². The fourth-order valence-corrected chi connectivity index (χ4v) is 8.87. The highest BCUT2D eigenvalue weighted by Crippen LogP contribution is 2.43. The molecular formula is C57H34N4O2. The first-order chi connectivity index (χ1) is 33.7. The van der Waals surface area contributed by atoms with Crippen molar-refractivity contribution < 1.29 is 17.1 Å². The summed E-state index contributed by atoms with van der Waals surface area (Å²) in [6.07, 6.45) is 0. The third-order valence-corrected chi connectivity index (χ3v) is 11.8. The molecule has 0 saturated heterocycles. The van der Waals surface area contributed by atoms with Crippen LogP contribution in [0.25, 0.3) is 128 Å². The number of furan rings is 2. The van der Waals surface area contributed by atoms with E-state index in [1.807, 2.05) is 140 Å². The molecule has 6 heteroatoms. The van der Waals surface area contributed by atoms with Crippen LogP contribution >= 0.6 is 0 Å². The van der Waals surface area contributed by atoms with E-state index in [4.69, 9.17) is 29.3 Å². The average Bonchev–Trinajstić information content (AvgIpc) is 4.08. The van der Waals surface area contributed by atoms with Crippen LogP contribution in [0.1, 0.15) is 8.22 Å². The monoisotopic (exact) mass is 812 g/mol. The normalized spacial score (nSPS) is 13.1. The van der Waals surface area contributed by atoms with Crippen molar-refractivity contribution in [2.75, 3.05) is 0 Å². The summed E-state index contributed by atoms with van der Waals surface area (Å²) < 4.78 is 68.7. The summed E-state index contributed by atoms with van der Waals surface area (Å²) in [6.45, 7) is 0. The molecule has 0 fully saturated rings. The van der Waals surface area contributed by atoms with Crippen molar-refractivity contribution in [1.82, 2.24) is 19.5 Å². The first-order valence-electron chi connectivity index (χ1n) is 23.6. The lowest BCUT2D eigenvalue weighted by Gasteiger charge is -2.16. The number of hydrogen-bond donors (Lipinski definition) is 0. The van der Waals surface area contributed by atoms with Gasteiger partial charge < -0.3 is 13.4 Å². The minimum absolute atomic E-state index is 0.0354. The number of benzene rings is 9. The Labute approximate surface area is 369 Å². The van der Waals surface area contributed by atoms with Gasteiger partial charge in [0.1, 0.15) is 22.3 Å². The fourth-order valence-electron chi connectivity index (χ4n) is 8.87. The Hall–Kier alpha value is -8.61. The van der Waals surface area contributed by atoms with Gasteiger partial charge in [-0.3, -0.25) is 0 Å². The zero-order valence-corrected chi connectivity index (χ0v) is 33.3. The molecule has 294 valence electrons. The van der Waals surface area contributed by atoms with E-state index in [1.165, 1.54) is 12.1 Å². The van der Waals surface area contributed by atoms with Crippen molar-refractivity contribution in [3.05, 3.63) is 206 Å². The third kappa shape index (κ3) is 5.69. The number of rotatable bonds is 6. The molecule has 4 heterocycles. The molecule has 0 unspecified atom stereocenters. The van der Waals surface area contributed by atoms with Crippen LogP contribution in [0, 0.1) is 0 Å². The Kier molecular flexibility index (Phi) is 6.56. The summed E-state index contributed by atoms with van der Waals surface area (Å²) in [6, 6.07) is 53.6. The highest BCUT2D eigenvalue weighted by atomic mass is 16.3. The van der Waals surface area contributed by atoms with E-state index in [0.717, 1.165) is 60.5 Å². The predicted octanol–water partition coefficient (Wildman–Crippen LogP) is 15.1. The van der Waals surface area contributed by atoms with E-state index in [9.17, 15) is 2.74 Å². The van der Waals surface area contributed by atoms with E-state index >= 15 is 0 Å². The second-order valence-electron chi connectivity index (χ2n) is 15.5. The van der Waals surface area contributed by atoms with Crippen LogP contribution in [0.15, 0.2) is 215 Å². The van der Waals surface area contributed by atoms with Gasteiger partial charge in [-0.25, -0.2) is 15.0 Å². The largest absolute Gasteiger partial charge is 0.456 e. The Morgan fingerprint density at radius 1 is 0.365 bits per heavy atom. The van der Waals surface area contributed by atoms with Crippen molar-refractivity contribution in [2.24, 2.45) is 0 Å². The summed E-state index contributed by atoms with van der Waals surface area (Å²) in [4.78, 5) is 14.7. The Morgan fingerprint density at radius 3 is 1.59 bits per heavy atom. The number of aromatic nitrogens is 4. The molecule has 0 atom stereocenters. The first kappa shape index (κ1) is 29.6.